The zero-order chi connectivity index (χ0) is 25.8. The number of fused-ring (bicyclic) bond motifs is 1. The van der Waals surface area contributed by atoms with Crippen LogP contribution in [0.2, 0.25) is 0 Å². The zero-order valence-electron chi connectivity index (χ0n) is 21.0. The monoisotopic (exact) mass is 480 g/mol. The molecule has 35 heavy (non-hydrogen) atoms. The van der Waals surface area contributed by atoms with E-state index >= 15 is 0 Å². The molecule has 2 aliphatic carbocycles. The minimum atomic E-state index is -1.31. The minimum Gasteiger partial charge on any atom is -0.389 e. The number of hydrogen-bond acceptors (Lipinski definition) is 6. The van der Waals surface area contributed by atoms with Crippen molar-refractivity contribution < 1.29 is 24.3 Å². The molecular formula is C28H36N2O5. The largest absolute Gasteiger partial charge is 0.389 e. The molecule has 2 aliphatic rings. The van der Waals surface area contributed by atoms with Crippen LogP contribution in [0.4, 0.5) is 0 Å². The highest BCUT2D eigenvalue weighted by molar-refractivity contribution is 6.38. The van der Waals surface area contributed by atoms with E-state index in [1.165, 1.54) is 6.08 Å². The molecule has 0 radical (unpaired) electrons. The zero-order valence-corrected chi connectivity index (χ0v) is 21.0. The van der Waals surface area contributed by atoms with Gasteiger partial charge in [-0.05, 0) is 43.7 Å². The summed E-state index contributed by atoms with van der Waals surface area (Å²) in [7, 11) is 1.71. The van der Waals surface area contributed by atoms with Crippen molar-refractivity contribution in [3.05, 3.63) is 46.5 Å². The highest BCUT2D eigenvalue weighted by Crippen LogP contribution is 2.37. The average molecular weight is 481 g/mol. The molecule has 2 N–H and O–H groups in total. The third kappa shape index (κ3) is 6.20. The van der Waals surface area contributed by atoms with E-state index in [0.29, 0.717) is 35.1 Å². The predicted molar refractivity (Wildman–Crippen MR) is 134 cm³/mol. The number of hydrogen-bond donors (Lipinski definition) is 2. The van der Waals surface area contributed by atoms with E-state index in [0.717, 1.165) is 25.7 Å². The first-order valence-electron chi connectivity index (χ1n) is 12.5. The summed E-state index contributed by atoms with van der Waals surface area (Å²) in [6.07, 6.45) is 6.46. The van der Waals surface area contributed by atoms with Crippen molar-refractivity contribution in [2.75, 3.05) is 7.05 Å². The number of benzene rings is 1. The van der Waals surface area contributed by atoms with Gasteiger partial charge in [0.1, 0.15) is 0 Å². The Labute approximate surface area is 207 Å². The fourth-order valence-electron chi connectivity index (χ4n) is 5.03. The molecule has 0 heterocycles. The quantitative estimate of drug-likeness (QED) is 0.400. The molecule has 1 aromatic carbocycles. The van der Waals surface area contributed by atoms with Crippen LogP contribution in [-0.4, -0.2) is 51.6 Å². The van der Waals surface area contributed by atoms with Crippen molar-refractivity contribution in [1.29, 1.82) is 5.41 Å². The second-order valence-corrected chi connectivity index (χ2v) is 10.1. The summed E-state index contributed by atoms with van der Waals surface area (Å²) < 4.78 is 0. The van der Waals surface area contributed by atoms with Gasteiger partial charge in [-0.25, -0.2) is 0 Å². The Morgan fingerprint density at radius 2 is 1.94 bits per heavy atom. The number of aliphatic hydroxyl groups is 1. The molecule has 188 valence electrons. The van der Waals surface area contributed by atoms with E-state index in [-0.39, 0.29) is 54.8 Å². The molecule has 1 fully saturated rings. The van der Waals surface area contributed by atoms with Crippen LogP contribution in [0.15, 0.2) is 29.8 Å². The Morgan fingerprint density at radius 1 is 1.20 bits per heavy atom. The van der Waals surface area contributed by atoms with E-state index < -0.39 is 11.5 Å². The van der Waals surface area contributed by atoms with Gasteiger partial charge in [0.25, 0.3) is 0 Å². The fraction of sp³-hybridized carbons (Fsp3) is 0.536. The van der Waals surface area contributed by atoms with Crippen molar-refractivity contribution in [1.82, 2.24) is 4.90 Å². The van der Waals surface area contributed by atoms with Crippen molar-refractivity contribution in [2.24, 2.45) is 5.92 Å². The number of allylic oxidation sites excluding steroid dienone is 2. The number of rotatable bonds is 9. The van der Waals surface area contributed by atoms with Gasteiger partial charge in [-0.15, -0.1) is 0 Å². The molecule has 2 unspecified atom stereocenters. The van der Waals surface area contributed by atoms with Crippen molar-refractivity contribution in [2.45, 2.75) is 83.8 Å². The number of carbonyl (C=O) groups is 4. The second-order valence-electron chi connectivity index (χ2n) is 10.1. The number of nitrogens with zero attached hydrogens (tertiary/aromatic N) is 1. The fourth-order valence-corrected chi connectivity index (χ4v) is 5.03. The first-order chi connectivity index (χ1) is 16.5. The molecule has 0 saturated heterocycles. The van der Waals surface area contributed by atoms with Crippen LogP contribution in [0.1, 0.15) is 97.9 Å². The van der Waals surface area contributed by atoms with Crippen molar-refractivity contribution in [3.63, 3.8) is 0 Å². The first-order valence-corrected chi connectivity index (χ1v) is 12.5. The van der Waals surface area contributed by atoms with Crippen LogP contribution >= 0.6 is 0 Å². The predicted octanol–water partition coefficient (Wildman–Crippen LogP) is 4.45. The van der Waals surface area contributed by atoms with Crippen LogP contribution in [0.5, 0.6) is 0 Å². The van der Waals surface area contributed by atoms with Crippen LogP contribution in [0.25, 0.3) is 0 Å². The smallest absolute Gasteiger partial charge is 0.222 e. The molecule has 7 heteroatoms. The Morgan fingerprint density at radius 3 is 2.66 bits per heavy atom. The Hall–Kier alpha value is -2.93. The lowest BCUT2D eigenvalue weighted by Crippen LogP contribution is -2.37. The van der Waals surface area contributed by atoms with Gasteiger partial charge in [0, 0.05) is 49.6 Å². The molecule has 1 saturated carbocycles. The molecule has 1 amide bonds. The average Bonchev–Trinajstić information content (AvgIpc) is 2.90. The molecule has 0 aromatic heterocycles. The number of amides is 1. The summed E-state index contributed by atoms with van der Waals surface area (Å²) in [4.78, 5) is 52.6. The summed E-state index contributed by atoms with van der Waals surface area (Å²) in [5.41, 5.74) is 0.182. The molecule has 3 rings (SSSR count). The van der Waals surface area contributed by atoms with Crippen LogP contribution < -0.4 is 0 Å². The Bertz CT molecular complexity index is 1070. The number of unbranched alkanes of at least 4 members (excludes halogenated alkanes) is 3. The number of carbonyl (C=O) groups excluding carboxylic acids is 4. The molecule has 0 bridgehead atoms. The van der Waals surface area contributed by atoms with Gasteiger partial charge in [-0.1, -0.05) is 44.4 Å². The Kier molecular flexibility index (Phi) is 8.54. The van der Waals surface area contributed by atoms with Crippen LogP contribution in [0.3, 0.4) is 0 Å². The summed E-state index contributed by atoms with van der Waals surface area (Å²) in [6.45, 7) is 3.96. The molecule has 2 atom stereocenters. The summed E-state index contributed by atoms with van der Waals surface area (Å²) in [5, 5.41) is 18.8. The Balaban J connectivity index is 1.77. The minimum absolute atomic E-state index is 0.0141. The van der Waals surface area contributed by atoms with Crippen molar-refractivity contribution >= 4 is 29.0 Å². The topological polar surface area (TPSA) is 116 Å². The van der Waals surface area contributed by atoms with Crippen molar-refractivity contribution in [3.8, 4) is 0 Å². The third-order valence-electron chi connectivity index (χ3n) is 7.25. The van der Waals surface area contributed by atoms with Gasteiger partial charge in [-0.3, -0.25) is 19.2 Å². The van der Waals surface area contributed by atoms with Gasteiger partial charge >= 0.3 is 0 Å². The lowest BCUT2D eigenvalue weighted by molar-refractivity contribution is -0.130. The lowest BCUT2D eigenvalue weighted by Gasteiger charge is -2.32. The van der Waals surface area contributed by atoms with Gasteiger partial charge in [0.2, 0.25) is 5.91 Å². The second kappa shape index (κ2) is 11.2. The highest BCUT2D eigenvalue weighted by Gasteiger charge is 2.40. The van der Waals surface area contributed by atoms with Gasteiger partial charge in [-0.2, -0.15) is 0 Å². The molecule has 1 aromatic rings. The van der Waals surface area contributed by atoms with Crippen LogP contribution in [0, 0.1) is 11.3 Å². The summed E-state index contributed by atoms with van der Waals surface area (Å²) >= 11 is 0. The maximum atomic E-state index is 13.3. The molecular weight excluding hydrogens is 444 g/mol. The van der Waals surface area contributed by atoms with E-state index in [1.807, 2.05) is 0 Å². The van der Waals surface area contributed by atoms with E-state index in [9.17, 15) is 24.3 Å². The molecule has 7 nitrogen and oxygen atoms in total. The standard InChI is InChI=1S/C28H36N2O5/c1-4-5-6-7-11-25(33)30(3)17-18-9-8-10-21-26(18)24(32)15-19(27(21)34)14-20-12-13-23(31)22(29)16-28(20,2)35/h8-10,15,20,29,35H,4-7,11-14,16-17H2,1-3H3. The molecule has 0 aliphatic heterocycles. The first kappa shape index (κ1) is 26.7. The van der Waals surface area contributed by atoms with E-state index in [4.69, 9.17) is 5.41 Å². The normalized spacial score (nSPS) is 22.5. The maximum absolute atomic E-state index is 13.3. The number of ketones is 3. The van der Waals surface area contributed by atoms with Gasteiger partial charge < -0.3 is 15.4 Å². The third-order valence-corrected chi connectivity index (χ3v) is 7.25. The number of Topliss-reactive ketones (excluding diaryl/α,β-unsaturated/α-hetero) is 2. The summed E-state index contributed by atoms with van der Waals surface area (Å²) in [5.74, 6) is -1.24. The van der Waals surface area contributed by atoms with Gasteiger partial charge in [0.05, 0.1) is 11.3 Å². The van der Waals surface area contributed by atoms with E-state index in [2.05, 4.69) is 6.92 Å². The molecule has 0 spiro atoms. The highest BCUT2D eigenvalue weighted by atomic mass is 16.3. The van der Waals surface area contributed by atoms with Gasteiger partial charge in [0.15, 0.2) is 17.3 Å². The summed E-state index contributed by atoms with van der Waals surface area (Å²) in [6, 6.07) is 5.13. The van der Waals surface area contributed by atoms with E-state index in [1.54, 1.807) is 37.1 Å². The van der Waals surface area contributed by atoms with Crippen LogP contribution in [-0.2, 0) is 16.1 Å². The number of nitrogens with one attached hydrogen (secondary N) is 1. The maximum Gasteiger partial charge on any atom is 0.222 e. The SMILES string of the molecule is CCCCCCC(=O)N(C)Cc1cccc2c1C(=O)C=C(CC1CCC(=O)C(=N)CC1(C)O)C2=O. The lowest BCUT2D eigenvalue weighted by atomic mass is 9.76.